The molecule has 20 heavy (non-hydrogen) atoms. The first kappa shape index (κ1) is 15.1. The van der Waals surface area contributed by atoms with Crippen molar-refractivity contribution in [1.29, 1.82) is 0 Å². The molecule has 112 valence electrons. The Bertz CT molecular complexity index is 486. The number of hydrogen-bond donors (Lipinski definition) is 2. The predicted octanol–water partition coefficient (Wildman–Crippen LogP) is 2.86. The number of nitrogens with two attached hydrogens (primary N) is 1. The lowest BCUT2D eigenvalue weighted by Crippen LogP contribution is -2.45. The molecule has 0 unspecified atom stereocenters. The van der Waals surface area contributed by atoms with E-state index in [9.17, 15) is 0 Å². The lowest BCUT2D eigenvalue weighted by molar-refractivity contribution is 0.205. The van der Waals surface area contributed by atoms with Crippen LogP contribution in [0.5, 0.6) is 5.88 Å². The highest BCUT2D eigenvalue weighted by Gasteiger charge is 2.38. The van der Waals surface area contributed by atoms with Gasteiger partial charge in [-0.05, 0) is 24.2 Å². The standard InChI is InChI=1S/C14H25N3O2Si/c1-14(2,3)20(4,5)19-9-11-8-18-13-12(17-11)6-10(15)7-16-13/h6-7,11,17H,8-9,15H2,1-5H3/t11-/m1/s1. The lowest BCUT2D eigenvalue weighted by atomic mass is 10.2. The summed E-state index contributed by atoms with van der Waals surface area (Å²) in [6, 6.07) is 1.99. The number of aromatic nitrogens is 1. The van der Waals surface area contributed by atoms with Crippen molar-refractivity contribution in [2.75, 3.05) is 24.3 Å². The molecule has 0 aromatic carbocycles. The highest BCUT2D eigenvalue weighted by molar-refractivity contribution is 6.74. The van der Waals surface area contributed by atoms with Crippen molar-refractivity contribution >= 4 is 19.7 Å². The van der Waals surface area contributed by atoms with Gasteiger partial charge >= 0.3 is 0 Å². The Morgan fingerprint density at radius 1 is 1.50 bits per heavy atom. The Morgan fingerprint density at radius 3 is 2.85 bits per heavy atom. The van der Waals surface area contributed by atoms with Gasteiger partial charge in [0.1, 0.15) is 6.61 Å². The molecule has 6 heteroatoms. The molecule has 0 saturated heterocycles. The highest BCUT2D eigenvalue weighted by atomic mass is 28.4. The number of fused-ring (bicyclic) bond motifs is 1. The summed E-state index contributed by atoms with van der Waals surface area (Å²) in [5.74, 6) is 0.614. The van der Waals surface area contributed by atoms with Crippen molar-refractivity contribution in [3.8, 4) is 5.88 Å². The summed E-state index contributed by atoms with van der Waals surface area (Å²) in [6.07, 6.45) is 1.60. The molecule has 0 radical (unpaired) electrons. The molecule has 1 aliphatic heterocycles. The second kappa shape index (κ2) is 5.25. The third-order valence-electron chi connectivity index (χ3n) is 4.10. The summed E-state index contributed by atoms with van der Waals surface area (Å²) in [5.41, 5.74) is 7.22. The zero-order valence-electron chi connectivity index (χ0n) is 13.0. The minimum absolute atomic E-state index is 0.139. The fourth-order valence-electron chi connectivity index (χ4n) is 1.74. The van der Waals surface area contributed by atoms with Crippen LogP contribution in [-0.4, -0.2) is 32.6 Å². The molecule has 1 atom stereocenters. The van der Waals surface area contributed by atoms with E-state index in [0.717, 1.165) is 5.69 Å². The number of rotatable bonds is 3. The van der Waals surface area contributed by atoms with Crippen LogP contribution in [0.4, 0.5) is 11.4 Å². The van der Waals surface area contributed by atoms with E-state index in [4.69, 9.17) is 14.9 Å². The SMILES string of the molecule is CC(C)(C)[Si](C)(C)OC[C@H]1COc2ncc(N)cc2N1. The number of nitrogens with one attached hydrogen (secondary N) is 1. The maximum Gasteiger partial charge on any atom is 0.237 e. The summed E-state index contributed by atoms with van der Waals surface area (Å²) < 4.78 is 11.9. The second-order valence-corrected chi connectivity index (χ2v) is 11.7. The second-order valence-electron chi connectivity index (χ2n) is 6.84. The summed E-state index contributed by atoms with van der Waals surface area (Å²) in [6.45, 7) is 12.4. The number of ether oxygens (including phenoxy) is 1. The van der Waals surface area contributed by atoms with Gasteiger partial charge in [0.05, 0.1) is 30.2 Å². The van der Waals surface area contributed by atoms with Gasteiger partial charge in [-0.2, -0.15) is 0 Å². The van der Waals surface area contributed by atoms with E-state index in [1.54, 1.807) is 6.20 Å². The molecule has 0 saturated carbocycles. The Hall–Kier alpha value is -1.27. The first-order valence-corrected chi connectivity index (χ1v) is 9.89. The number of anilines is 2. The van der Waals surface area contributed by atoms with Gasteiger partial charge in [-0.25, -0.2) is 4.98 Å². The van der Waals surface area contributed by atoms with Crippen molar-refractivity contribution in [3.63, 3.8) is 0 Å². The van der Waals surface area contributed by atoms with Gasteiger partial charge in [-0.15, -0.1) is 0 Å². The number of hydrogen-bond acceptors (Lipinski definition) is 5. The molecule has 0 aliphatic carbocycles. The summed E-state index contributed by atoms with van der Waals surface area (Å²) in [7, 11) is -1.73. The summed E-state index contributed by atoms with van der Waals surface area (Å²) in [5, 5.41) is 3.61. The molecule has 1 aromatic heterocycles. The first-order chi connectivity index (χ1) is 9.19. The molecule has 0 spiro atoms. The van der Waals surface area contributed by atoms with Crippen molar-refractivity contribution in [1.82, 2.24) is 4.98 Å². The summed E-state index contributed by atoms with van der Waals surface area (Å²) >= 11 is 0. The fraction of sp³-hybridized carbons (Fsp3) is 0.643. The van der Waals surface area contributed by atoms with Crippen LogP contribution < -0.4 is 15.8 Å². The van der Waals surface area contributed by atoms with E-state index >= 15 is 0 Å². The van der Waals surface area contributed by atoms with Gasteiger partial charge < -0.3 is 20.2 Å². The number of pyridine rings is 1. The van der Waals surface area contributed by atoms with Crippen molar-refractivity contribution in [2.45, 2.75) is 44.9 Å². The number of nitrogen functional groups attached to an aromatic ring is 1. The average molecular weight is 295 g/mol. The smallest absolute Gasteiger partial charge is 0.237 e. The normalized spacial score (nSPS) is 18.9. The molecule has 0 bridgehead atoms. The third-order valence-corrected chi connectivity index (χ3v) is 8.61. The quantitative estimate of drug-likeness (QED) is 0.839. The van der Waals surface area contributed by atoms with E-state index in [-0.39, 0.29) is 11.1 Å². The van der Waals surface area contributed by atoms with E-state index in [2.05, 4.69) is 44.2 Å². The van der Waals surface area contributed by atoms with E-state index in [1.165, 1.54) is 0 Å². The van der Waals surface area contributed by atoms with Gasteiger partial charge in [0.15, 0.2) is 8.32 Å². The van der Waals surface area contributed by atoms with E-state index < -0.39 is 8.32 Å². The molecule has 1 aliphatic rings. The van der Waals surface area contributed by atoms with Gasteiger partial charge in [0, 0.05) is 0 Å². The summed E-state index contributed by atoms with van der Waals surface area (Å²) in [4.78, 5) is 4.16. The molecular formula is C14H25N3O2Si. The Morgan fingerprint density at radius 2 is 2.20 bits per heavy atom. The number of nitrogens with zero attached hydrogens (tertiary/aromatic N) is 1. The molecule has 1 aromatic rings. The zero-order chi connectivity index (χ0) is 15.0. The van der Waals surface area contributed by atoms with Crippen LogP contribution in [0.25, 0.3) is 0 Å². The molecule has 0 amide bonds. The molecule has 2 heterocycles. The van der Waals surface area contributed by atoms with Crippen molar-refractivity contribution in [2.24, 2.45) is 0 Å². The Labute approximate surface area is 122 Å². The zero-order valence-corrected chi connectivity index (χ0v) is 14.0. The van der Waals surface area contributed by atoms with Crippen molar-refractivity contribution < 1.29 is 9.16 Å². The molecule has 3 N–H and O–H groups in total. The predicted molar refractivity (Wildman–Crippen MR) is 84.7 cm³/mol. The maximum absolute atomic E-state index is 6.22. The fourth-order valence-corrected chi connectivity index (χ4v) is 2.79. The first-order valence-electron chi connectivity index (χ1n) is 6.98. The van der Waals surface area contributed by atoms with Crippen molar-refractivity contribution in [3.05, 3.63) is 12.3 Å². The molecule has 0 fully saturated rings. The van der Waals surface area contributed by atoms with Gasteiger partial charge in [0.2, 0.25) is 5.88 Å². The maximum atomic E-state index is 6.22. The van der Waals surface area contributed by atoms with Crippen LogP contribution in [0.3, 0.4) is 0 Å². The van der Waals surface area contributed by atoms with Crippen LogP contribution in [-0.2, 0) is 4.43 Å². The highest BCUT2D eigenvalue weighted by Crippen LogP contribution is 2.37. The third kappa shape index (κ3) is 3.24. The lowest BCUT2D eigenvalue weighted by Gasteiger charge is -2.38. The van der Waals surface area contributed by atoms with Gasteiger partial charge in [-0.1, -0.05) is 20.8 Å². The molecule has 5 nitrogen and oxygen atoms in total. The minimum Gasteiger partial charge on any atom is -0.474 e. The van der Waals surface area contributed by atoms with Crippen LogP contribution >= 0.6 is 0 Å². The monoisotopic (exact) mass is 295 g/mol. The largest absolute Gasteiger partial charge is 0.474 e. The minimum atomic E-state index is -1.73. The van der Waals surface area contributed by atoms with Crippen LogP contribution in [0.2, 0.25) is 18.1 Å². The van der Waals surface area contributed by atoms with E-state index in [1.807, 2.05) is 6.07 Å². The van der Waals surface area contributed by atoms with Crippen LogP contribution in [0.1, 0.15) is 20.8 Å². The van der Waals surface area contributed by atoms with Gasteiger partial charge in [-0.3, -0.25) is 0 Å². The topological polar surface area (TPSA) is 69.4 Å². The molecule has 2 rings (SSSR count). The van der Waals surface area contributed by atoms with Crippen LogP contribution in [0.15, 0.2) is 12.3 Å². The van der Waals surface area contributed by atoms with Gasteiger partial charge in [0.25, 0.3) is 0 Å². The van der Waals surface area contributed by atoms with Crippen LogP contribution in [0, 0.1) is 0 Å². The Kier molecular flexibility index (Phi) is 3.97. The Balaban J connectivity index is 1.97. The average Bonchev–Trinajstić information content (AvgIpc) is 2.34. The van der Waals surface area contributed by atoms with E-state index in [0.29, 0.717) is 24.8 Å². The molecular weight excluding hydrogens is 270 g/mol.